The lowest BCUT2D eigenvalue weighted by molar-refractivity contribution is -0.121. The number of anilines is 1. The number of nitrogen functional groups attached to an aromatic ring is 1. The smallest absolute Gasteiger partial charge is 0.220 e. The Bertz CT molecular complexity index is 400. The summed E-state index contributed by atoms with van der Waals surface area (Å²) in [5.74, 6) is -1.43. The number of aromatic nitrogens is 1. The molecule has 0 saturated heterocycles. The molecule has 0 bridgehead atoms. The van der Waals surface area contributed by atoms with E-state index in [1.54, 1.807) is 0 Å². The number of aliphatic hydroxyl groups excluding tert-OH is 2. The maximum Gasteiger partial charge on any atom is 0.220 e. The third-order valence-electron chi connectivity index (χ3n) is 1.97. The molecule has 1 aromatic heterocycles. The van der Waals surface area contributed by atoms with Crippen LogP contribution in [0.1, 0.15) is 18.2 Å². The summed E-state index contributed by atoms with van der Waals surface area (Å²) in [7, 11) is 0. The van der Waals surface area contributed by atoms with Gasteiger partial charge in [-0.3, -0.25) is 9.78 Å². The van der Waals surface area contributed by atoms with Gasteiger partial charge in [0.2, 0.25) is 5.91 Å². The number of nitrogens with two attached hydrogens (primary N) is 2. The molecule has 0 aliphatic heterocycles. The highest BCUT2D eigenvalue weighted by Gasteiger charge is 2.23. The molecule has 2 unspecified atom stereocenters. The second kappa shape index (κ2) is 4.86. The van der Waals surface area contributed by atoms with Crippen LogP contribution < -0.4 is 11.5 Å². The molecule has 0 aliphatic rings. The Balaban J connectivity index is 2.87. The number of primary amides is 1. The Hall–Kier alpha value is -1.73. The van der Waals surface area contributed by atoms with Gasteiger partial charge in [-0.15, -0.1) is 0 Å². The first kappa shape index (κ1) is 12.3. The Morgan fingerprint density at radius 3 is 2.69 bits per heavy atom. The monoisotopic (exact) mass is 229 g/mol. The summed E-state index contributed by atoms with van der Waals surface area (Å²) in [6.07, 6.45) is -2.48. The molecule has 0 fully saturated rings. The van der Waals surface area contributed by atoms with E-state index in [2.05, 4.69) is 4.98 Å². The normalized spacial score (nSPS) is 14.4. The summed E-state index contributed by atoms with van der Waals surface area (Å²) in [6, 6.07) is 0.961. The summed E-state index contributed by atoms with van der Waals surface area (Å²) in [6.45, 7) is 0. The summed E-state index contributed by atoms with van der Waals surface area (Å²) in [5, 5.41) is 19.0. The molecule has 1 amide bonds. The summed E-state index contributed by atoms with van der Waals surface area (Å²) >= 11 is 0. The Morgan fingerprint density at radius 2 is 2.19 bits per heavy atom. The van der Waals surface area contributed by atoms with E-state index in [4.69, 9.17) is 11.5 Å². The lowest BCUT2D eigenvalue weighted by atomic mass is 10.1. The van der Waals surface area contributed by atoms with Crippen LogP contribution in [0.15, 0.2) is 12.3 Å². The fourth-order valence-electron chi connectivity index (χ4n) is 1.21. The lowest BCUT2D eigenvalue weighted by Gasteiger charge is -2.17. The van der Waals surface area contributed by atoms with Crippen molar-refractivity contribution in [3.05, 3.63) is 23.8 Å². The van der Waals surface area contributed by atoms with Crippen molar-refractivity contribution in [2.75, 3.05) is 5.73 Å². The van der Waals surface area contributed by atoms with Gasteiger partial charge in [-0.1, -0.05) is 0 Å². The predicted octanol–water partition coefficient (Wildman–Crippen LogP) is -0.927. The number of halogens is 1. The van der Waals surface area contributed by atoms with Gasteiger partial charge in [0.25, 0.3) is 0 Å². The number of carbonyl (C=O) groups excluding carboxylic acids is 1. The Labute approximate surface area is 90.7 Å². The second-order valence-corrected chi connectivity index (χ2v) is 3.31. The molecule has 6 nitrogen and oxygen atoms in total. The molecule has 0 spiro atoms. The number of hydrogen-bond acceptors (Lipinski definition) is 5. The minimum atomic E-state index is -1.48. The van der Waals surface area contributed by atoms with Crippen LogP contribution in [0.25, 0.3) is 0 Å². The average molecular weight is 229 g/mol. The van der Waals surface area contributed by atoms with Crippen molar-refractivity contribution in [2.45, 2.75) is 18.6 Å². The van der Waals surface area contributed by atoms with Crippen molar-refractivity contribution < 1.29 is 19.4 Å². The maximum atomic E-state index is 12.7. The van der Waals surface area contributed by atoms with E-state index in [1.165, 1.54) is 0 Å². The van der Waals surface area contributed by atoms with Gasteiger partial charge in [0.05, 0.1) is 30.1 Å². The molecule has 0 radical (unpaired) electrons. The summed E-state index contributed by atoms with van der Waals surface area (Å²) in [4.78, 5) is 14.1. The minimum absolute atomic E-state index is 0.0878. The highest BCUT2D eigenvalue weighted by molar-refractivity contribution is 5.74. The zero-order valence-electron chi connectivity index (χ0n) is 8.30. The summed E-state index contributed by atoms with van der Waals surface area (Å²) < 4.78 is 12.7. The zero-order chi connectivity index (χ0) is 12.3. The van der Waals surface area contributed by atoms with Crippen LogP contribution in [0, 0.1) is 5.82 Å². The van der Waals surface area contributed by atoms with E-state index in [-0.39, 0.29) is 11.4 Å². The number of pyridine rings is 1. The molecule has 7 heteroatoms. The van der Waals surface area contributed by atoms with Gasteiger partial charge >= 0.3 is 0 Å². The topological polar surface area (TPSA) is 122 Å². The average Bonchev–Trinajstić information content (AvgIpc) is 2.15. The predicted molar refractivity (Wildman–Crippen MR) is 53.4 cm³/mol. The number of amides is 1. The third-order valence-corrected chi connectivity index (χ3v) is 1.97. The third kappa shape index (κ3) is 2.88. The molecule has 16 heavy (non-hydrogen) atoms. The van der Waals surface area contributed by atoms with Crippen LogP contribution in [-0.2, 0) is 4.79 Å². The van der Waals surface area contributed by atoms with Crippen molar-refractivity contribution in [1.29, 1.82) is 0 Å². The molecule has 0 saturated carbocycles. The van der Waals surface area contributed by atoms with Crippen LogP contribution in [-0.4, -0.2) is 27.2 Å². The number of hydrogen-bond donors (Lipinski definition) is 4. The van der Waals surface area contributed by atoms with Crippen LogP contribution in [0.5, 0.6) is 0 Å². The van der Waals surface area contributed by atoms with Crippen molar-refractivity contribution in [3.63, 3.8) is 0 Å². The van der Waals surface area contributed by atoms with Gasteiger partial charge < -0.3 is 21.7 Å². The quantitative estimate of drug-likeness (QED) is 0.531. The van der Waals surface area contributed by atoms with Gasteiger partial charge in [-0.2, -0.15) is 0 Å². The van der Waals surface area contributed by atoms with Crippen molar-refractivity contribution >= 4 is 11.6 Å². The first-order chi connectivity index (χ1) is 7.41. The highest BCUT2D eigenvalue weighted by Crippen LogP contribution is 2.22. The molecule has 1 aromatic rings. The van der Waals surface area contributed by atoms with Crippen molar-refractivity contribution in [1.82, 2.24) is 4.98 Å². The SMILES string of the molecule is NC(=O)CC(O)C(O)c1ncc(F)cc1N. The molecule has 0 aromatic carbocycles. The largest absolute Gasteiger partial charge is 0.397 e. The Kier molecular flexibility index (Phi) is 3.75. The molecular weight excluding hydrogens is 217 g/mol. The molecule has 88 valence electrons. The number of aliphatic hydroxyl groups is 2. The van der Waals surface area contributed by atoms with Gasteiger partial charge in [0, 0.05) is 6.07 Å². The number of carbonyl (C=O) groups is 1. The maximum absolute atomic E-state index is 12.7. The van der Waals surface area contributed by atoms with Crippen LogP contribution in [0.2, 0.25) is 0 Å². The van der Waals surface area contributed by atoms with Crippen LogP contribution in [0.4, 0.5) is 10.1 Å². The molecule has 1 rings (SSSR count). The molecule has 0 aliphatic carbocycles. The van der Waals surface area contributed by atoms with Gasteiger partial charge in [-0.05, 0) is 0 Å². The Morgan fingerprint density at radius 1 is 1.56 bits per heavy atom. The fraction of sp³-hybridized carbons (Fsp3) is 0.333. The van der Waals surface area contributed by atoms with E-state index in [9.17, 15) is 19.4 Å². The lowest BCUT2D eigenvalue weighted by Crippen LogP contribution is -2.26. The zero-order valence-corrected chi connectivity index (χ0v) is 8.30. The molecular formula is C9H12FN3O3. The highest BCUT2D eigenvalue weighted by atomic mass is 19.1. The molecule has 2 atom stereocenters. The first-order valence-corrected chi connectivity index (χ1v) is 4.47. The second-order valence-electron chi connectivity index (χ2n) is 3.31. The molecule has 6 N–H and O–H groups in total. The molecule has 1 heterocycles. The van der Waals surface area contributed by atoms with Gasteiger partial charge in [0.15, 0.2) is 0 Å². The fourth-order valence-corrected chi connectivity index (χ4v) is 1.21. The number of rotatable bonds is 4. The van der Waals surface area contributed by atoms with Crippen molar-refractivity contribution in [3.8, 4) is 0 Å². The van der Waals surface area contributed by atoms with Crippen LogP contribution >= 0.6 is 0 Å². The van der Waals surface area contributed by atoms with Gasteiger partial charge in [0.1, 0.15) is 11.9 Å². The van der Waals surface area contributed by atoms with Crippen molar-refractivity contribution in [2.24, 2.45) is 5.73 Å². The van der Waals surface area contributed by atoms with E-state index in [0.29, 0.717) is 0 Å². The van der Waals surface area contributed by atoms with Gasteiger partial charge in [-0.25, -0.2) is 4.39 Å². The summed E-state index contributed by atoms with van der Waals surface area (Å²) in [5.41, 5.74) is 10.1. The van der Waals surface area contributed by atoms with E-state index >= 15 is 0 Å². The number of nitrogens with zero attached hydrogens (tertiary/aromatic N) is 1. The standard InChI is InChI=1S/C9H12FN3O3/c10-4-1-5(11)8(13-3-4)9(16)6(14)2-7(12)15/h1,3,6,9,14,16H,2,11H2,(H2,12,15). The van der Waals surface area contributed by atoms with E-state index in [1.807, 2.05) is 0 Å². The first-order valence-electron chi connectivity index (χ1n) is 4.47. The minimum Gasteiger partial charge on any atom is -0.397 e. The van der Waals surface area contributed by atoms with E-state index in [0.717, 1.165) is 12.3 Å². The van der Waals surface area contributed by atoms with E-state index < -0.39 is 30.4 Å². The van der Waals surface area contributed by atoms with Crippen LogP contribution in [0.3, 0.4) is 0 Å².